The van der Waals surface area contributed by atoms with Gasteiger partial charge in [0.2, 0.25) is 5.95 Å². The first-order valence-electron chi connectivity index (χ1n) is 9.01. The molecule has 1 aromatic carbocycles. The average Bonchev–Trinajstić information content (AvgIpc) is 2.97. The summed E-state index contributed by atoms with van der Waals surface area (Å²) in [5.74, 6) is 1.28. The number of benzene rings is 1. The predicted molar refractivity (Wildman–Crippen MR) is 99.9 cm³/mol. The van der Waals surface area contributed by atoms with Gasteiger partial charge in [0.15, 0.2) is 0 Å². The van der Waals surface area contributed by atoms with Crippen LogP contribution >= 0.6 is 0 Å². The first-order chi connectivity index (χ1) is 11.8. The summed E-state index contributed by atoms with van der Waals surface area (Å²) in [5.41, 5.74) is 1.57. The monoisotopic (exact) mass is 344 g/mol. The number of anilines is 1. The highest BCUT2D eigenvalue weighted by Gasteiger charge is 2.28. The maximum Gasteiger partial charge on any atom is 0.407 e. The summed E-state index contributed by atoms with van der Waals surface area (Å²) in [7, 11) is 0. The second-order valence-electron chi connectivity index (χ2n) is 7.86. The fourth-order valence-corrected chi connectivity index (χ4v) is 3.31. The van der Waals surface area contributed by atoms with Gasteiger partial charge in [-0.25, -0.2) is 9.78 Å². The Morgan fingerprint density at radius 1 is 1.40 bits per heavy atom. The van der Waals surface area contributed by atoms with Crippen LogP contribution in [0.2, 0.25) is 0 Å². The molecule has 3 rings (SSSR count). The standard InChI is InChI=1S/C19H28N4O2/c1-13(20-18(24)25-19(2,3)4)14-8-7-11-23(12-14)17-21-15-9-5-6-10-16(15)22-17/h5-6,9-10,13-14H,7-8,11-12H2,1-4H3,(H,20,24)(H,21,22). The van der Waals surface area contributed by atoms with E-state index in [1.807, 2.05) is 45.0 Å². The van der Waals surface area contributed by atoms with Crippen molar-refractivity contribution in [1.82, 2.24) is 15.3 Å². The maximum absolute atomic E-state index is 12.0. The van der Waals surface area contributed by atoms with Crippen molar-refractivity contribution >= 4 is 23.1 Å². The number of amides is 1. The Balaban J connectivity index is 1.63. The minimum atomic E-state index is -0.476. The molecule has 2 aromatic rings. The third-order valence-corrected chi connectivity index (χ3v) is 4.59. The molecule has 1 fully saturated rings. The second kappa shape index (κ2) is 6.94. The van der Waals surface area contributed by atoms with Gasteiger partial charge >= 0.3 is 6.09 Å². The Labute approximate surface area is 149 Å². The van der Waals surface area contributed by atoms with Crippen molar-refractivity contribution in [2.45, 2.75) is 52.2 Å². The van der Waals surface area contributed by atoms with Crippen molar-refractivity contribution in [3.05, 3.63) is 24.3 Å². The molecular weight excluding hydrogens is 316 g/mol. The van der Waals surface area contributed by atoms with E-state index >= 15 is 0 Å². The number of carbonyl (C=O) groups excluding carboxylic acids is 1. The molecule has 1 saturated heterocycles. The molecule has 2 N–H and O–H groups in total. The van der Waals surface area contributed by atoms with Crippen molar-refractivity contribution in [2.75, 3.05) is 18.0 Å². The molecule has 0 saturated carbocycles. The number of alkyl carbamates (subject to hydrolysis) is 1. The van der Waals surface area contributed by atoms with Crippen LogP contribution in [0.25, 0.3) is 11.0 Å². The quantitative estimate of drug-likeness (QED) is 0.891. The maximum atomic E-state index is 12.0. The lowest BCUT2D eigenvalue weighted by molar-refractivity contribution is 0.0489. The van der Waals surface area contributed by atoms with Gasteiger partial charge < -0.3 is 19.9 Å². The molecule has 136 valence electrons. The average molecular weight is 344 g/mol. The molecule has 6 heteroatoms. The summed E-state index contributed by atoms with van der Waals surface area (Å²) < 4.78 is 5.37. The van der Waals surface area contributed by atoms with Crippen LogP contribution in [0.1, 0.15) is 40.5 Å². The third kappa shape index (κ3) is 4.44. The van der Waals surface area contributed by atoms with E-state index in [0.29, 0.717) is 5.92 Å². The number of piperidine rings is 1. The van der Waals surface area contributed by atoms with Crippen molar-refractivity contribution in [1.29, 1.82) is 0 Å². The largest absolute Gasteiger partial charge is 0.444 e. The van der Waals surface area contributed by atoms with E-state index in [4.69, 9.17) is 9.72 Å². The summed E-state index contributed by atoms with van der Waals surface area (Å²) >= 11 is 0. The Kier molecular flexibility index (Phi) is 4.88. The number of ether oxygens (including phenoxy) is 1. The SMILES string of the molecule is CC(NC(=O)OC(C)(C)C)C1CCCN(c2nc3ccccc3[nH]2)C1. The molecule has 0 spiro atoms. The van der Waals surface area contributed by atoms with Crippen molar-refractivity contribution in [3.63, 3.8) is 0 Å². The molecule has 25 heavy (non-hydrogen) atoms. The lowest BCUT2D eigenvalue weighted by atomic mass is 9.92. The molecule has 6 nitrogen and oxygen atoms in total. The van der Waals surface area contributed by atoms with Crippen LogP contribution in [-0.2, 0) is 4.74 Å². The number of para-hydroxylation sites is 2. The van der Waals surface area contributed by atoms with E-state index < -0.39 is 5.60 Å². The van der Waals surface area contributed by atoms with E-state index in [1.165, 1.54) is 0 Å². The molecular formula is C19H28N4O2. The van der Waals surface area contributed by atoms with Crippen molar-refractivity contribution in [3.8, 4) is 0 Å². The highest BCUT2D eigenvalue weighted by molar-refractivity contribution is 5.77. The van der Waals surface area contributed by atoms with Crippen molar-refractivity contribution in [2.24, 2.45) is 5.92 Å². The summed E-state index contributed by atoms with van der Waals surface area (Å²) in [6.45, 7) is 9.53. The molecule has 0 bridgehead atoms. The Bertz CT molecular complexity index is 701. The van der Waals surface area contributed by atoms with Crippen LogP contribution < -0.4 is 10.2 Å². The lowest BCUT2D eigenvalue weighted by Crippen LogP contribution is -2.47. The molecule has 0 aliphatic carbocycles. The van der Waals surface area contributed by atoms with Crippen LogP contribution in [0, 0.1) is 5.92 Å². The third-order valence-electron chi connectivity index (χ3n) is 4.59. The Hall–Kier alpha value is -2.24. The predicted octanol–water partition coefficient (Wildman–Crippen LogP) is 3.69. The van der Waals surface area contributed by atoms with E-state index in [1.54, 1.807) is 0 Å². The molecule has 1 aliphatic rings. The minimum absolute atomic E-state index is 0.0574. The number of imidazole rings is 1. The van der Waals surface area contributed by atoms with Gasteiger partial charge in [-0.15, -0.1) is 0 Å². The smallest absolute Gasteiger partial charge is 0.407 e. The number of aromatic amines is 1. The van der Waals surface area contributed by atoms with E-state index in [-0.39, 0.29) is 12.1 Å². The van der Waals surface area contributed by atoms with Gasteiger partial charge in [0, 0.05) is 19.1 Å². The summed E-state index contributed by atoms with van der Waals surface area (Å²) in [5, 5.41) is 2.99. The van der Waals surface area contributed by atoms with Crippen LogP contribution in [0.15, 0.2) is 24.3 Å². The number of rotatable bonds is 3. The van der Waals surface area contributed by atoms with Crippen LogP contribution in [0.4, 0.5) is 10.7 Å². The number of fused-ring (bicyclic) bond motifs is 1. The van der Waals surface area contributed by atoms with Gasteiger partial charge in [0.05, 0.1) is 11.0 Å². The number of carbonyl (C=O) groups is 1. The van der Waals surface area contributed by atoms with Gasteiger partial charge in [-0.2, -0.15) is 0 Å². The number of hydrogen-bond acceptors (Lipinski definition) is 4. The summed E-state index contributed by atoms with van der Waals surface area (Å²) in [6.07, 6.45) is 1.83. The number of nitrogens with zero attached hydrogens (tertiary/aromatic N) is 2. The molecule has 1 aromatic heterocycles. The first kappa shape index (κ1) is 17.6. The van der Waals surface area contributed by atoms with E-state index in [2.05, 4.69) is 22.1 Å². The number of hydrogen-bond donors (Lipinski definition) is 2. The van der Waals surface area contributed by atoms with Gasteiger partial charge in [-0.3, -0.25) is 0 Å². The molecule has 2 atom stereocenters. The molecule has 2 unspecified atom stereocenters. The molecule has 2 heterocycles. The molecule has 1 aliphatic heterocycles. The highest BCUT2D eigenvalue weighted by atomic mass is 16.6. The first-order valence-corrected chi connectivity index (χ1v) is 9.01. The number of aromatic nitrogens is 2. The second-order valence-corrected chi connectivity index (χ2v) is 7.86. The highest BCUT2D eigenvalue weighted by Crippen LogP contribution is 2.25. The molecule has 0 radical (unpaired) electrons. The van der Waals surface area contributed by atoms with E-state index in [0.717, 1.165) is 42.9 Å². The summed E-state index contributed by atoms with van der Waals surface area (Å²) in [6, 6.07) is 8.13. The fraction of sp³-hybridized carbons (Fsp3) is 0.579. The van der Waals surface area contributed by atoms with Gasteiger partial charge in [-0.05, 0) is 58.6 Å². The van der Waals surface area contributed by atoms with Gasteiger partial charge in [0.25, 0.3) is 0 Å². The summed E-state index contributed by atoms with van der Waals surface area (Å²) in [4.78, 5) is 22.4. The minimum Gasteiger partial charge on any atom is -0.444 e. The topological polar surface area (TPSA) is 70.2 Å². The Morgan fingerprint density at radius 3 is 2.88 bits per heavy atom. The zero-order valence-corrected chi connectivity index (χ0v) is 15.5. The number of H-pyrrole nitrogens is 1. The van der Waals surface area contributed by atoms with E-state index in [9.17, 15) is 4.79 Å². The van der Waals surface area contributed by atoms with Crippen LogP contribution in [0.3, 0.4) is 0 Å². The number of nitrogens with one attached hydrogen (secondary N) is 2. The Morgan fingerprint density at radius 2 is 2.16 bits per heavy atom. The van der Waals surface area contributed by atoms with Crippen LogP contribution in [0.5, 0.6) is 0 Å². The zero-order valence-electron chi connectivity index (χ0n) is 15.5. The zero-order chi connectivity index (χ0) is 18.0. The lowest BCUT2D eigenvalue weighted by Gasteiger charge is -2.36. The van der Waals surface area contributed by atoms with Gasteiger partial charge in [0.1, 0.15) is 5.60 Å². The van der Waals surface area contributed by atoms with Crippen molar-refractivity contribution < 1.29 is 9.53 Å². The molecule has 1 amide bonds. The normalized spacial score (nSPS) is 19.7. The van der Waals surface area contributed by atoms with Crippen LogP contribution in [-0.4, -0.2) is 40.8 Å². The fourth-order valence-electron chi connectivity index (χ4n) is 3.31. The van der Waals surface area contributed by atoms with Gasteiger partial charge in [-0.1, -0.05) is 12.1 Å².